The maximum atomic E-state index is 13.5. The number of benzene rings is 1. The van der Waals surface area contributed by atoms with Crippen LogP contribution in [0.4, 0.5) is 10.1 Å². The SMILES string of the molecule is Cc1cc(F)c(N)c(C)c1S(=O)(=O)NCC1CCCC1. The molecule has 0 amide bonds. The van der Waals surface area contributed by atoms with Crippen LogP contribution in [-0.4, -0.2) is 15.0 Å². The van der Waals surface area contributed by atoms with E-state index in [-0.39, 0.29) is 16.1 Å². The van der Waals surface area contributed by atoms with Gasteiger partial charge in [0.15, 0.2) is 0 Å². The molecule has 0 atom stereocenters. The van der Waals surface area contributed by atoms with Crippen LogP contribution in [0.15, 0.2) is 11.0 Å². The summed E-state index contributed by atoms with van der Waals surface area (Å²) < 4.78 is 40.9. The van der Waals surface area contributed by atoms with Crippen LogP contribution in [0.25, 0.3) is 0 Å². The van der Waals surface area contributed by atoms with Crippen LogP contribution in [0, 0.1) is 25.6 Å². The van der Waals surface area contributed by atoms with E-state index in [0.29, 0.717) is 18.0 Å². The quantitative estimate of drug-likeness (QED) is 0.839. The molecule has 0 spiro atoms. The number of sulfonamides is 1. The van der Waals surface area contributed by atoms with E-state index in [1.807, 2.05) is 0 Å². The number of hydrogen-bond acceptors (Lipinski definition) is 3. The summed E-state index contributed by atoms with van der Waals surface area (Å²) in [5.74, 6) is -0.169. The number of rotatable bonds is 4. The summed E-state index contributed by atoms with van der Waals surface area (Å²) in [6.45, 7) is 3.56. The summed E-state index contributed by atoms with van der Waals surface area (Å²) in [7, 11) is -3.65. The summed E-state index contributed by atoms with van der Waals surface area (Å²) in [5, 5.41) is 0. The number of halogens is 1. The molecular weight excluding hydrogens is 279 g/mol. The van der Waals surface area contributed by atoms with Crippen LogP contribution < -0.4 is 10.5 Å². The second-order valence-corrected chi connectivity index (χ2v) is 7.25. The highest BCUT2D eigenvalue weighted by atomic mass is 32.2. The first-order valence-corrected chi connectivity index (χ1v) is 8.36. The van der Waals surface area contributed by atoms with E-state index in [0.717, 1.165) is 25.7 Å². The number of hydrogen-bond donors (Lipinski definition) is 2. The Morgan fingerprint density at radius 3 is 2.55 bits per heavy atom. The molecule has 3 N–H and O–H groups in total. The number of nitrogens with one attached hydrogen (secondary N) is 1. The summed E-state index contributed by atoms with van der Waals surface area (Å²) >= 11 is 0. The molecule has 1 aliphatic rings. The molecule has 6 heteroatoms. The molecule has 0 heterocycles. The van der Waals surface area contributed by atoms with Crippen molar-refractivity contribution in [3.05, 3.63) is 23.0 Å². The van der Waals surface area contributed by atoms with Gasteiger partial charge in [-0.3, -0.25) is 0 Å². The van der Waals surface area contributed by atoms with Gasteiger partial charge in [0.1, 0.15) is 5.82 Å². The molecule has 20 heavy (non-hydrogen) atoms. The van der Waals surface area contributed by atoms with Crippen LogP contribution in [0.1, 0.15) is 36.8 Å². The van der Waals surface area contributed by atoms with Crippen molar-refractivity contribution in [2.24, 2.45) is 5.92 Å². The van der Waals surface area contributed by atoms with Gasteiger partial charge < -0.3 is 5.73 Å². The topological polar surface area (TPSA) is 72.2 Å². The van der Waals surface area contributed by atoms with Crippen LogP contribution >= 0.6 is 0 Å². The minimum Gasteiger partial charge on any atom is -0.396 e. The fourth-order valence-electron chi connectivity index (χ4n) is 2.86. The average molecular weight is 300 g/mol. The van der Waals surface area contributed by atoms with E-state index in [4.69, 9.17) is 5.73 Å². The summed E-state index contributed by atoms with van der Waals surface area (Å²) in [6, 6.07) is 1.17. The van der Waals surface area contributed by atoms with Crippen molar-refractivity contribution in [1.29, 1.82) is 0 Å². The lowest BCUT2D eigenvalue weighted by Crippen LogP contribution is -2.30. The van der Waals surface area contributed by atoms with Crippen LogP contribution in [0.2, 0.25) is 0 Å². The summed E-state index contributed by atoms with van der Waals surface area (Å²) in [5.41, 5.74) is 6.16. The first kappa shape index (κ1) is 15.3. The van der Waals surface area contributed by atoms with Crippen molar-refractivity contribution in [2.45, 2.75) is 44.4 Å². The lowest BCUT2D eigenvalue weighted by Gasteiger charge is -2.16. The maximum Gasteiger partial charge on any atom is 0.241 e. The fraction of sp³-hybridized carbons (Fsp3) is 0.571. The highest BCUT2D eigenvalue weighted by molar-refractivity contribution is 7.89. The number of anilines is 1. The van der Waals surface area contributed by atoms with Gasteiger partial charge in [-0.2, -0.15) is 0 Å². The molecule has 0 bridgehead atoms. The largest absolute Gasteiger partial charge is 0.396 e. The van der Waals surface area contributed by atoms with E-state index in [1.165, 1.54) is 13.0 Å². The Balaban J connectivity index is 2.27. The lowest BCUT2D eigenvalue weighted by molar-refractivity contribution is 0.519. The van der Waals surface area contributed by atoms with Gasteiger partial charge in [-0.15, -0.1) is 0 Å². The predicted octanol–water partition coefficient (Wildman–Crippen LogP) is 2.49. The maximum absolute atomic E-state index is 13.5. The minimum absolute atomic E-state index is 0.100. The van der Waals surface area contributed by atoms with E-state index in [9.17, 15) is 12.8 Å². The molecule has 1 saturated carbocycles. The molecule has 4 nitrogen and oxygen atoms in total. The molecule has 1 aromatic rings. The third kappa shape index (κ3) is 2.96. The smallest absolute Gasteiger partial charge is 0.241 e. The molecule has 0 saturated heterocycles. The molecule has 2 rings (SSSR count). The van der Waals surface area contributed by atoms with E-state index in [2.05, 4.69) is 4.72 Å². The van der Waals surface area contributed by atoms with Gasteiger partial charge >= 0.3 is 0 Å². The molecule has 0 aliphatic heterocycles. The Labute approximate surface area is 119 Å². The van der Waals surface area contributed by atoms with Gasteiger partial charge in [0.2, 0.25) is 10.0 Å². The minimum atomic E-state index is -3.65. The van der Waals surface area contributed by atoms with E-state index >= 15 is 0 Å². The van der Waals surface area contributed by atoms with Gasteiger partial charge in [0, 0.05) is 6.54 Å². The highest BCUT2D eigenvalue weighted by Crippen LogP contribution is 2.28. The average Bonchev–Trinajstić information content (AvgIpc) is 2.86. The third-order valence-electron chi connectivity index (χ3n) is 4.01. The van der Waals surface area contributed by atoms with Crippen molar-refractivity contribution in [1.82, 2.24) is 4.72 Å². The monoisotopic (exact) mass is 300 g/mol. The first-order chi connectivity index (χ1) is 9.33. The van der Waals surface area contributed by atoms with Crippen LogP contribution in [-0.2, 0) is 10.0 Å². The zero-order chi connectivity index (χ0) is 14.9. The fourth-order valence-corrected chi connectivity index (χ4v) is 4.45. The molecule has 1 fully saturated rings. The molecule has 1 aromatic carbocycles. The second kappa shape index (κ2) is 5.69. The first-order valence-electron chi connectivity index (χ1n) is 6.87. The van der Waals surface area contributed by atoms with Crippen molar-refractivity contribution in [3.8, 4) is 0 Å². The Kier molecular flexibility index (Phi) is 4.34. The van der Waals surface area contributed by atoms with Gasteiger partial charge in [-0.05, 0) is 49.8 Å². The van der Waals surface area contributed by atoms with Crippen molar-refractivity contribution in [2.75, 3.05) is 12.3 Å². The van der Waals surface area contributed by atoms with Gasteiger partial charge in [0.25, 0.3) is 0 Å². The van der Waals surface area contributed by atoms with Gasteiger partial charge in [-0.25, -0.2) is 17.5 Å². The second-order valence-electron chi connectivity index (χ2n) is 5.55. The molecule has 112 valence electrons. The number of nitrogens with two attached hydrogens (primary N) is 1. The van der Waals surface area contributed by atoms with E-state index < -0.39 is 15.8 Å². The molecule has 0 aromatic heterocycles. The highest BCUT2D eigenvalue weighted by Gasteiger charge is 2.24. The van der Waals surface area contributed by atoms with Gasteiger partial charge in [-0.1, -0.05) is 12.8 Å². The molecular formula is C14H21FN2O2S. The lowest BCUT2D eigenvalue weighted by atomic mass is 10.1. The molecule has 0 radical (unpaired) electrons. The van der Waals surface area contributed by atoms with Gasteiger partial charge in [0.05, 0.1) is 10.6 Å². The number of nitrogen functional groups attached to an aromatic ring is 1. The van der Waals surface area contributed by atoms with Crippen molar-refractivity contribution < 1.29 is 12.8 Å². The Bertz CT molecular complexity index is 608. The zero-order valence-electron chi connectivity index (χ0n) is 11.9. The molecule has 1 aliphatic carbocycles. The summed E-state index contributed by atoms with van der Waals surface area (Å²) in [6.07, 6.45) is 4.44. The van der Waals surface area contributed by atoms with Crippen LogP contribution in [0.3, 0.4) is 0 Å². The predicted molar refractivity (Wildman–Crippen MR) is 77.4 cm³/mol. The van der Waals surface area contributed by atoms with Crippen molar-refractivity contribution >= 4 is 15.7 Å². The number of aryl methyl sites for hydroxylation is 1. The van der Waals surface area contributed by atoms with Crippen LogP contribution in [0.5, 0.6) is 0 Å². The Morgan fingerprint density at radius 1 is 1.35 bits per heavy atom. The van der Waals surface area contributed by atoms with E-state index in [1.54, 1.807) is 6.92 Å². The zero-order valence-corrected chi connectivity index (χ0v) is 12.7. The molecule has 0 unspecified atom stereocenters. The summed E-state index contributed by atoms with van der Waals surface area (Å²) in [4.78, 5) is 0.106. The third-order valence-corrected chi connectivity index (χ3v) is 5.72. The van der Waals surface area contributed by atoms with Crippen molar-refractivity contribution in [3.63, 3.8) is 0 Å². The standard InChI is InChI=1S/C14H21FN2O2S/c1-9-7-12(15)13(16)10(2)14(9)20(18,19)17-8-11-5-3-4-6-11/h7,11,17H,3-6,8,16H2,1-2H3. The Hall–Kier alpha value is -1.14. The normalized spacial score (nSPS) is 16.8. The Morgan fingerprint density at radius 2 is 1.95 bits per heavy atom.